The molecule has 0 aliphatic rings. The molecular weight excluding hydrogens is 380 g/mol. The topological polar surface area (TPSA) is 34.1 Å². The van der Waals surface area contributed by atoms with Crippen LogP contribution in [0.15, 0.2) is 22.7 Å². The molecule has 76 valence electrons. The Morgan fingerprint density at radius 1 is 1.29 bits per heavy atom. The van der Waals surface area contributed by atoms with E-state index in [-0.39, 0.29) is 9.89 Å². The monoisotopic (exact) mass is 384 g/mol. The van der Waals surface area contributed by atoms with E-state index in [1.54, 1.807) is 0 Å². The molecule has 1 aromatic carbocycles. The van der Waals surface area contributed by atoms with Crippen molar-refractivity contribution >= 4 is 53.9 Å². The van der Waals surface area contributed by atoms with Crippen molar-refractivity contribution in [2.75, 3.05) is 0 Å². The van der Waals surface area contributed by atoms with Crippen molar-refractivity contribution in [3.05, 3.63) is 33.8 Å². The van der Waals surface area contributed by atoms with Gasteiger partial charge in [-0.2, -0.15) is 9.59 Å². The molecule has 0 aliphatic heterocycles. The summed E-state index contributed by atoms with van der Waals surface area (Å²) in [4.78, 5) is 16.2. The summed E-state index contributed by atoms with van der Waals surface area (Å²) in [6, 6.07) is 6.29. The molecule has 5 heteroatoms. The van der Waals surface area contributed by atoms with Crippen molar-refractivity contribution < 1.29 is 9.59 Å². The zero-order chi connectivity index (χ0) is 11.1. The predicted molar refractivity (Wildman–Crippen MR) is 64.5 cm³/mol. The summed E-state index contributed by atoms with van der Waals surface area (Å²) < 4.78 is 1.36. The van der Waals surface area contributed by atoms with Crippen molar-refractivity contribution in [1.29, 1.82) is 0 Å². The van der Waals surface area contributed by atoms with Crippen LogP contribution < -0.4 is 0 Å². The second kappa shape index (κ2) is 7.35. The Morgan fingerprint density at radius 2 is 1.79 bits per heavy atom. The molecule has 2 nitrogen and oxygen atoms in total. The van der Waals surface area contributed by atoms with Gasteiger partial charge in [0.2, 0.25) is 0 Å². The highest BCUT2D eigenvalue weighted by atomic mass is 79.9. The molecule has 0 amide bonds. The maximum absolute atomic E-state index is 8.12. The molecular formula is C9H7Br3O2. The van der Waals surface area contributed by atoms with Gasteiger partial charge in [0.15, 0.2) is 0 Å². The number of benzene rings is 1. The molecule has 0 bridgehead atoms. The lowest BCUT2D eigenvalue weighted by Gasteiger charge is -2.05. The highest BCUT2D eigenvalue weighted by molar-refractivity contribution is 9.24. The van der Waals surface area contributed by atoms with Crippen LogP contribution in [-0.2, 0) is 9.59 Å². The fourth-order valence-corrected chi connectivity index (χ4v) is 2.94. The number of halogens is 3. The first kappa shape index (κ1) is 14.0. The average molecular weight is 387 g/mol. The smallest absolute Gasteiger partial charge is 0.186 e. The van der Waals surface area contributed by atoms with Gasteiger partial charge in [-0.15, -0.1) is 0 Å². The van der Waals surface area contributed by atoms with Gasteiger partial charge in [0.1, 0.15) is 0 Å². The first-order valence-corrected chi connectivity index (χ1v) is 6.18. The van der Waals surface area contributed by atoms with Gasteiger partial charge in [-0.25, -0.2) is 0 Å². The Bertz CT molecular complexity index is 331. The summed E-state index contributed by atoms with van der Waals surface area (Å²) in [5, 5.41) is 0. The van der Waals surface area contributed by atoms with Gasteiger partial charge in [-0.3, -0.25) is 0 Å². The fraction of sp³-hybridized carbons (Fsp3) is 0.222. The lowest BCUT2D eigenvalue weighted by atomic mass is 10.2. The lowest BCUT2D eigenvalue weighted by molar-refractivity contribution is -0.191. The van der Waals surface area contributed by atoms with Crippen LogP contribution in [-0.4, -0.2) is 6.15 Å². The second-order valence-corrected chi connectivity index (χ2v) is 6.32. The summed E-state index contributed by atoms with van der Waals surface area (Å²) >= 11 is 10.4. The number of alkyl halides is 2. The van der Waals surface area contributed by atoms with Crippen LogP contribution in [0.4, 0.5) is 0 Å². The van der Waals surface area contributed by atoms with Crippen LogP contribution in [0.1, 0.15) is 14.9 Å². The maximum Gasteiger partial charge on any atom is 0.373 e. The van der Waals surface area contributed by atoms with Gasteiger partial charge in [-0.1, -0.05) is 59.9 Å². The SMILES string of the molecule is Cc1ccc(C(Br)Br)c(Br)c1.O=C=O. The van der Waals surface area contributed by atoms with E-state index >= 15 is 0 Å². The minimum absolute atomic E-state index is 0.227. The van der Waals surface area contributed by atoms with Crippen molar-refractivity contribution in [2.24, 2.45) is 0 Å². The fourth-order valence-electron chi connectivity index (χ4n) is 0.809. The zero-order valence-corrected chi connectivity index (χ0v) is 12.0. The third-order valence-electron chi connectivity index (χ3n) is 1.39. The number of aryl methyl sites for hydroxylation is 1. The first-order valence-electron chi connectivity index (χ1n) is 3.56. The number of hydrogen-bond donors (Lipinski definition) is 0. The van der Waals surface area contributed by atoms with E-state index in [4.69, 9.17) is 9.59 Å². The van der Waals surface area contributed by atoms with Crippen LogP contribution >= 0.6 is 47.8 Å². The molecule has 14 heavy (non-hydrogen) atoms. The third kappa shape index (κ3) is 5.05. The maximum atomic E-state index is 8.12. The van der Waals surface area contributed by atoms with Crippen LogP contribution in [0.3, 0.4) is 0 Å². The summed E-state index contributed by atoms with van der Waals surface area (Å²) in [6.07, 6.45) is 0.250. The molecule has 0 N–H and O–H groups in total. The Hall–Kier alpha value is 0.0400. The van der Waals surface area contributed by atoms with Crippen molar-refractivity contribution in [2.45, 2.75) is 10.7 Å². The Morgan fingerprint density at radius 3 is 2.14 bits per heavy atom. The normalized spacial score (nSPS) is 8.93. The van der Waals surface area contributed by atoms with Crippen LogP contribution in [0.2, 0.25) is 0 Å². The summed E-state index contributed by atoms with van der Waals surface area (Å²) in [7, 11) is 0. The highest BCUT2D eigenvalue weighted by Crippen LogP contribution is 2.34. The van der Waals surface area contributed by atoms with Gasteiger partial charge < -0.3 is 0 Å². The van der Waals surface area contributed by atoms with Crippen LogP contribution in [0.5, 0.6) is 0 Å². The predicted octanol–water partition coefficient (Wildman–Crippen LogP) is 3.96. The molecule has 0 aromatic heterocycles. The largest absolute Gasteiger partial charge is 0.373 e. The molecule has 0 radical (unpaired) electrons. The Kier molecular flexibility index (Phi) is 7.37. The summed E-state index contributed by atoms with van der Waals surface area (Å²) in [5.41, 5.74) is 2.48. The van der Waals surface area contributed by atoms with E-state index in [1.165, 1.54) is 11.1 Å². The van der Waals surface area contributed by atoms with Crippen molar-refractivity contribution in [3.63, 3.8) is 0 Å². The molecule has 0 heterocycles. The number of hydrogen-bond acceptors (Lipinski definition) is 2. The van der Waals surface area contributed by atoms with Crippen LogP contribution in [0.25, 0.3) is 0 Å². The van der Waals surface area contributed by atoms with Crippen LogP contribution in [0, 0.1) is 6.92 Å². The molecule has 0 atom stereocenters. The number of carbonyl (C=O) groups excluding carboxylic acids is 2. The molecule has 0 saturated carbocycles. The van der Waals surface area contributed by atoms with Gasteiger partial charge >= 0.3 is 6.15 Å². The molecule has 0 fully saturated rings. The Balaban J connectivity index is 0.000000500. The zero-order valence-electron chi connectivity index (χ0n) is 7.26. The highest BCUT2D eigenvalue weighted by Gasteiger charge is 2.05. The average Bonchev–Trinajstić information content (AvgIpc) is 2.04. The van der Waals surface area contributed by atoms with Crippen molar-refractivity contribution in [3.8, 4) is 0 Å². The third-order valence-corrected chi connectivity index (χ3v) is 3.06. The van der Waals surface area contributed by atoms with E-state index in [0.29, 0.717) is 0 Å². The van der Waals surface area contributed by atoms with E-state index < -0.39 is 0 Å². The van der Waals surface area contributed by atoms with E-state index in [2.05, 4.69) is 72.9 Å². The standard InChI is InChI=1S/C8H7Br3.CO2/c1-5-2-3-6(8(10)11)7(9)4-5;2-1-3/h2-4,8H,1H3;. The summed E-state index contributed by atoms with van der Waals surface area (Å²) in [6.45, 7) is 2.08. The van der Waals surface area contributed by atoms with Gasteiger partial charge in [-0.05, 0) is 24.1 Å². The Labute approximate surface area is 107 Å². The first-order chi connectivity index (χ1) is 6.52. The molecule has 1 rings (SSSR count). The van der Waals surface area contributed by atoms with Gasteiger partial charge in [0.25, 0.3) is 0 Å². The van der Waals surface area contributed by atoms with E-state index in [1.807, 2.05) is 0 Å². The van der Waals surface area contributed by atoms with E-state index in [0.717, 1.165) is 4.47 Å². The minimum atomic E-state index is 0.227. The van der Waals surface area contributed by atoms with Gasteiger partial charge in [0.05, 0.1) is 3.74 Å². The summed E-state index contributed by atoms with van der Waals surface area (Å²) in [5.74, 6) is 0. The van der Waals surface area contributed by atoms with E-state index in [9.17, 15) is 0 Å². The van der Waals surface area contributed by atoms with Crippen molar-refractivity contribution in [1.82, 2.24) is 0 Å². The molecule has 0 saturated heterocycles. The molecule has 1 aromatic rings. The molecule has 0 unspecified atom stereocenters. The van der Waals surface area contributed by atoms with Gasteiger partial charge in [0, 0.05) is 4.47 Å². The lowest BCUT2D eigenvalue weighted by Crippen LogP contribution is -1.83. The second-order valence-electron chi connectivity index (χ2n) is 2.41. The quantitative estimate of drug-likeness (QED) is 0.684. The molecule has 0 spiro atoms. The minimum Gasteiger partial charge on any atom is -0.186 e. The number of rotatable bonds is 1. The molecule has 0 aliphatic carbocycles.